The summed E-state index contributed by atoms with van der Waals surface area (Å²) in [5.74, 6) is -1.98. The Balaban J connectivity index is 0.999. The number of carbonyl (C=O) groups excluding carboxylic acids is 7. The predicted molar refractivity (Wildman–Crippen MR) is 252 cm³/mol. The lowest BCUT2D eigenvalue weighted by atomic mass is 9.91. The lowest BCUT2D eigenvalue weighted by Gasteiger charge is -2.35. The Labute approximate surface area is 387 Å². The molecule has 3 atom stereocenters. The van der Waals surface area contributed by atoms with E-state index in [2.05, 4.69) is 41.4 Å². The summed E-state index contributed by atoms with van der Waals surface area (Å²) in [6.45, 7) is 8.93. The number of hydrogen-bond acceptors (Lipinski definition) is 12. The molecule has 0 saturated carbocycles. The molecular formula is C46H69N13O7. The van der Waals surface area contributed by atoms with Gasteiger partial charge in [0.2, 0.25) is 35.4 Å². The van der Waals surface area contributed by atoms with E-state index in [4.69, 9.17) is 17.2 Å². The minimum Gasteiger partial charge on any atom is -0.370 e. The van der Waals surface area contributed by atoms with Crippen LogP contribution in [0.25, 0.3) is 0 Å². The van der Waals surface area contributed by atoms with Gasteiger partial charge in [0.15, 0.2) is 5.96 Å². The molecule has 3 aliphatic rings. The molecule has 0 aliphatic carbocycles. The van der Waals surface area contributed by atoms with Crippen molar-refractivity contribution in [3.63, 3.8) is 0 Å². The number of piperazine rings is 1. The molecule has 0 radical (unpaired) electrons. The third-order valence-corrected chi connectivity index (χ3v) is 12.3. The number of carbonyl (C=O) groups is 7. The minimum atomic E-state index is -1.04. The molecule has 2 aromatic carbocycles. The van der Waals surface area contributed by atoms with Gasteiger partial charge in [0.25, 0.3) is 5.91 Å². The third kappa shape index (κ3) is 15.3. The normalized spacial score (nSPS) is 16.9. The molecular weight excluding hydrogens is 847 g/mol. The lowest BCUT2D eigenvalue weighted by Crippen LogP contribution is -2.56. The Morgan fingerprint density at radius 3 is 2.17 bits per heavy atom. The van der Waals surface area contributed by atoms with Crippen LogP contribution in [0.2, 0.25) is 0 Å². The number of fused-ring (bicyclic) bond motifs is 2. The fraction of sp³-hybridized carbons (Fsp3) is 0.565. The predicted octanol–water partition coefficient (Wildman–Crippen LogP) is 0.346. The average molecular weight is 916 g/mol. The quantitative estimate of drug-likeness (QED) is 0.0450. The zero-order valence-electron chi connectivity index (χ0n) is 38.4. The Morgan fingerprint density at radius 2 is 1.47 bits per heavy atom. The van der Waals surface area contributed by atoms with Crippen molar-refractivity contribution in [2.45, 2.75) is 89.8 Å². The number of rotatable bonds is 22. The first-order chi connectivity index (χ1) is 31.7. The molecule has 20 nitrogen and oxygen atoms in total. The lowest BCUT2D eigenvalue weighted by molar-refractivity contribution is -0.136. The molecule has 0 bridgehead atoms. The highest BCUT2D eigenvalue weighted by atomic mass is 16.2. The number of imide groups is 1. The second-order valence-corrected chi connectivity index (χ2v) is 17.3. The maximum atomic E-state index is 13.9. The summed E-state index contributed by atoms with van der Waals surface area (Å²) < 4.78 is 0. The van der Waals surface area contributed by atoms with Gasteiger partial charge in [0, 0.05) is 59.2 Å². The summed E-state index contributed by atoms with van der Waals surface area (Å²) in [5, 5.41) is 13.7. The van der Waals surface area contributed by atoms with Crippen LogP contribution in [0.1, 0.15) is 82.0 Å². The summed E-state index contributed by atoms with van der Waals surface area (Å²) in [7, 11) is 0. The molecule has 7 amide bonds. The first-order valence-corrected chi connectivity index (χ1v) is 23.2. The van der Waals surface area contributed by atoms with Crippen LogP contribution in [0.4, 0.5) is 17.1 Å². The topological polar surface area (TPSA) is 283 Å². The van der Waals surface area contributed by atoms with Crippen LogP contribution in [-0.2, 0) is 28.8 Å². The van der Waals surface area contributed by atoms with Gasteiger partial charge in [0.1, 0.15) is 12.1 Å². The Bertz CT molecular complexity index is 2030. The average Bonchev–Trinajstić information content (AvgIpc) is 3.42. The zero-order valence-corrected chi connectivity index (χ0v) is 38.4. The standard InChI is InChI=1S/C46H69N13O7/c1-31(42(63)55-45(66)37(13-8-20-47)53-32(2)60)52-44(65)36(14-9-21-51-46(48)49)50-22-25-56-26-28-58(29-27-56)40(61)17-7-10-33-18-23-57(24-19-33)30-41(62)59-38-15-5-3-11-34(38)43(64)54-35-12-4-6-16-39(35)59/h3-6,11-12,15-16,31,33,36-37,50H,7-10,13-14,17-30,47H2,1-2H3,(H,52,65)(H,53,60)(H,54,64)(H4,48,49,51)(H,55,63,66)/t31-,36-,37-/m0/s1. The summed E-state index contributed by atoms with van der Waals surface area (Å²) in [5.41, 5.74) is 18.8. The molecule has 3 heterocycles. The number of nitrogens with two attached hydrogens (primary N) is 3. The van der Waals surface area contributed by atoms with Crippen LogP contribution >= 0.6 is 0 Å². The van der Waals surface area contributed by atoms with Gasteiger partial charge in [-0.3, -0.25) is 58.6 Å². The monoisotopic (exact) mass is 916 g/mol. The van der Waals surface area contributed by atoms with E-state index in [1.165, 1.54) is 13.8 Å². The molecule has 11 N–H and O–H groups in total. The van der Waals surface area contributed by atoms with E-state index in [9.17, 15) is 33.6 Å². The second kappa shape index (κ2) is 25.7. The fourth-order valence-electron chi connectivity index (χ4n) is 8.60. The number of anilines is 3. The molecule has 2 fully saturated rings. The van der Waals surface area contributed by atoms with Crippen molar-refractivity contribution < 1.29 is 33.6 Å². The van der Waals surface area contributed by atoms with Crippen LogP contribution in [0, 0.1) is 5.92 Å². The van der Waals surface area contributed by atoms with Crippen molar-refractivity contribution in [2.24, 2.45) is 28.1 Å². The van der Waals surface area contributed by atoms with Crippen molar-refractivity contribution in [1.82, 2.24) is 36.0 Å². The minimum absolute atomic E-state index is 0.0502. The number of nitrogens with zero attached hydrogens (tertiary/aromatic N) is 5. The summed E-state index contributed by atoms with van der Waals surface area (Å²) in [4.78, 5) is 103. The first kappa shape index (κ1) is 51.0. The van der Waals surface area contributed by atoms with Crippen molar-refractivity contribution in [1.29, 1.82) is 0 Å². The van der Waals surface area contributed by atoms with Gasteiger partial charge in [-0.2, -0.15) is 0 Å². The molecule has 3 aliphatic heterocycles. The molecule has 5 rings (SSSR count). The van der Waals surface area contributed by atoms with Crippen molar-refractivity contribution >= 4 is 64.4 Å². The van der Waals surface area contributed by atoms with Crippen LogP contribution in [0.3, 0.4) is 0 Å². The van der Waals surface area contributed by atoms with Gasteiger partial charge in [-0.1, -0.05) is 24.3 Å². The number of hydrogen-bond donors (Lipinski definition) is 8. The highest BCUT2D eigenvalue weighted by molar-refractivity contribution is 6.18. The number of para-hydroxylation sites is 3. The summed E-state index contributed by atoms with van der Waals surface area (Å²) >= 11 is 0. The summed E-state index contributed by atoms with van der Waals surface area (Å²) in [6, 6.07) is 11.9. The molecule has 0 unspecified atom stereocenters. The first-order valence-electron chi connectivity index (χ1n) is 23.2. The number of guanidine groups is 1. The van der Waals surface area contributed by atoms with E-state index in [-0.39, 0.29) is 36.6 Å². The highest BCUT2D eigenvalue weighted by Gasteiger charge is 2.32. The van der Waals surface area contributed by atoms with Crippen LogP contribution < -0.4 is 48.7 Å². The van der Waals surface area contributed by atoms with Crippen LogP contribution in [0.15, 0.2) is 53.5 Å². The number of benzene rings is 2. The highest BCUT2D eigenvalue weighted by Crippen LogP contribution is 2.38. The number of aliphatic imine (C=N–C) groups is 1. The van der Waals surface area contributed by atoms with Gasteiger partial charge in [-0.15, -0.1) is 0 Å². The second-order valence-electron chi connectivity index (χ2n) is 17.3. The SMILES string of the molecule is CC(=O)N[C@@H](CCCN)C(=O)NC(=O)[C@H](C)NC(=O)[C@H](CCCN=C(N)N)NCCN1CCN(C(=O)CCCC2CCN(CC(=O)N3c4ccccc4NC(=O)c4ccccc43)CC2)CC1. The van der Waals surface area contributed by atoms with Gasteiger partial charge in [-0.05, 0) is 108 Å². The third-order valence-electron chi connectivity index (χ3n) is 12.3. The Hall–Kier alpha value is -5.96. The van der Waals surface area contributed by atoms with Crippen molar-refractivity contribution in [3.05, 3.63) is 54.1 Å². The van der Waals surface area contributed by atoms with Gasteiger partial charge in [0.05, 0.1) is 35.2 Å². The molecule has 0 spiro atoms. The molecule has 66 heavy (non-hydrogen) atoms. The number of likely N-dealkylation sites (tertiary alicyclic amines) is 1. The van der Waals surface area contributed by atoms with Gasteiger partial charge >= 0.3 is 0 Å². The van der Waals surface area contributed by atoms with E-state index >= 15 is 0 Å². The van der Waals surface area contributed by atoms with E-state index < -0.39 is 41.8 Å². The Morgan fingerprint density at radius 1 is 0.788 bits per heavy atom. The maximum absolute atomic E-state index is 13.9. The van der Waals surface area contributed by atoms with Crippen molar-refractivity contribution in [2.75, 3.05) is 82.2 Å². The van der Waals surface area contributed by atoms with Crippen LogP contribution in [0.5, 0.6) is 0 Å². The number of piperidine rings is 1. The Kier molecular flexibility index (Phi) is 19.8. The molecule has 20 heteroatoms. The van der Waals surface area contributed by atoms with E-state index in [0.717, 1.165) is 38.8 Å². The molecule has 360 valence electrons. The maximum Gasteiger partial charge on any atom is 0.257 e. The molecule has 2 saturated heterocycles. The van der Waals surface area contributed by atoms with Gasteiger partial charge in [-0.25, -0.2) is 0 Å². The smallest absolute Gasteiger partial charge is 0.257 e. The number of nitrogens with one attached hydrogen (secondary N) is 5. The molecule has 2 aromatic rings. The van der Waals surface area contributed by atoms with Gasteiger partial charge < -0.3 is 43.4 Å². The van der Waals surface area contributed by atoms with E-state index in [1.807, 2.05) is 41.3 Å². The summed E-state index contributed by atoms with van der Waals surface area (Å²) in [6.07, 6.45) is 5.76. The van der Waals surface area contributed by atoms with Crippen LogP contribution in [-0.4, -0.2) is 152 Å². The van der Waals surface area contributed by atoms with Crippen molar-refractivity contribution in [3.8, 4) is 0 Å². The largest absolute Gasteiger partial charge is 0.370 e. The van der Waals surface area contributed by atoms with E-state index in [1.54, 1.807) is 17.0 Å². The zero-order chi connectivity index (χ0) is 47.6. The fourth-order valence-corrected chi connectivity index (χ4v) is 8.60. The van der Waals surface area contributed by atoms with E-state index in [0.29, 0.717) is 107 Å². The number of amides is 7. The molecule has 0 aromatic heterocycles.